The molecule has 0 aliphatic carbocycles. The SMILES string of the molecule is C[C@@H]1CC(O)C[C@@H](C)N1. The highest BCUT2D eigenvalue weighted by molar-refractivity contribution is 4.79. The van der Waals surface area contributed by atoms with Gasteiger partial charge in [-0.05, 0) is 26.7 Å². The van der Waals surface area contributed by atoms with Crippen molar-refractivity contribution in [2.75, 3.05) is 0 Å². The van der Waals surface area contributed by atoms with Gasteiger partial charge in [0.2, 0.25) is 0 Å². The number of piperidine rings is 1. The van der Waals surface area contributed by atoms with E-state index in [2.05, 4.69) is 19.2 Å². The van der Waals surface area contributed by atoms with E-state index in [9.17, 15) is 5.11 Å². The number of hydrogen-bond donors (Lipinski definition) is 2. The molecule has 2 heteroatoms. The largest absolute Gasteiger partial charge is 0.393 e. The van der Waals surface area contributed by atoms with Crippen LogP contribution < -0.4 is 5.32 Å². The zero-order valence-corrected chi connectivity index (χ0v) is 6.09. The second-order valence-electron chi connectivity index (χ2n) is 3.09. The Morgan fingerprint density at radius 3 is 2.00 bits per heavy atom. The maximum Gasteiger partial charge on any atom is 0.0569 e. The Morgan fingerprint density at radius 1 is 1.22 bits per heavy atom. The van der Waals surface area contributed by atoms with Gasteiger partial charge in [0, 0.05) is 12.1 Å². The fourth-order valence-electron chi connectivity index (χ4n) is 1.53. The summed E-state index contributed by atoms with van der Waals surface area (Å²) in [5.74, 6) is 0. The number of aliphatic hydroxyl groups excluding tert-OH is 1. The third-order valence-electron chi connectivity index (χ3n) is 1.82. The van der Waals surface area contributed by atoms with Crippen LogP contribution in [-0.4, -0.2) is 23.3 Å². The first-order chi connectivity index (χ1) is 4.18. The van der Waals surface area contributed by atoms with Crippen LogP contribution in [0.15, 0.2) is 0 Å². The van der Waals surface area contributed by atoms with Crippen molar-refractivity contribution >= 4 is 0 Å². The van der Waals surface area contributed by atoms with E-state index in [0.29, 0.717) is 12.1 Å². The minimum atomic E-state index is -0.0729. The molecular formula is C7H15NO. The van der Waals surface area contributed by atoms with Crippen LogP contribution in [0.2, 0.25) is 0 Å². The first-order valence-electron chi connectivity index (χ1n) is 3.62. The van der Waals surface area contributed by atoms with Gasteiger partial charge in [-0.2, -0.15) is 0 Å². The van der Waals surface area contributed by atoms with E-state index in [1.54, 1.807) is 0 Å². The van der Waals surface area contributed by atoms with E-state index in [0.717, 1.165) is 12.8 Å². The van der Waals surface area contributed by atoms with Gasteiger partial charge >= 0.3 is 0 Å². The van der Waals surface area contributed by atoms with E-state index < -0.39 is 0 Å². The Bertz CT molecular complexity index is 69.9. The van der Waals surface area contributed by atoms with Crippen molar-refractivity contribution in [3.63, 3.8) is 0 Å². The molecule has 0 saturated carbocycles. The molecular weight excluding hydrogens is 114 g/mol. The zero-order chi connectivity index (χ0) is 6.85. The van der Waals surface area contributed by atoms with Gasteiger partial charge in [0.25, 0.3) is 0 Å². The zero-order valence-electron chi connectivity index (χ0n) is 6.09. The van der Waals surface area contributed by atoms with E-state index >= 15 is 0 Å². The fourth-order valence-corrected chi connectivity index (χ4v) is 1.53. The Kier molecular flexibility index (Phi) is 2.09. The number of aliphatic hydroxyl groups is 1. The van der Waals surface area contributed by atoms with Crippen LogP contribution in [0.25, 0.3) is 0 Å². The molecule has 0 spiro atoms. The highest BCUT2D eigenvalue weighted by Crippen LogP contribution is 2.11. The molecule has 0 aromatic carbocycles. The Hall–Kier alpha value is -0.0800. The molecule has 2 N–H and O–H groups in total. The molecule has 0 aromatic heterocycles. The predicted octanol–water partition coefficient (Wildman–Crippen LogP) is 0.508. The van der Waals surface area contributed by atoms with Crippen LogP contribution in [0.1, 0.15) is 26.7 Å². The van der Waals surface area contributed by atoms with E-state index in [4.69, 9.17) is 0 Å². The van der Waals surface area contributed by atoms with Crippen LogP contribution in [0.3, 0.4) is 0 Å². The molecule has 1 saturated heterocycles. The third-order valence-corrected chi connectivity index (χ3v) is 1.82. The molecule has 9 heavy (non-hydrogen) atoms. The van der Waals surface area contributed by atoms with Gasteiger partial charge < -0.3 is 10.4 Å². The highest BCUT2D eigenvalue weighted by atomic mass is 16.3. The molecule has 1 aliphatic rings. The van der Waals surface area contributed by atoms with E-state index in [1.165, 1.54) is 0 Å². The molecule has 1 aliphatic heterocycles. The Labute approximate surface area is 56.3 Å². The van der Waals surface area contributed by atoms with Crippen molar-refractivity contribution in [2.45, 2.75) is 44.9 Å². The minimum Gasteiger partial charge on any atom is -0.393 e. The fraction of sp³-hybridized carbons (Fsp3) is 1.00. The summed E-state index contributed by atoms with van der Waals surface area (Å²) in [4.78, 5) is 0. The standard InChI is InChI=1S/C7H15NO/c1-5-3-7(9)4-6(2)8-5/h5-9H,3-4H2,1-2H3/t5-,6-/m1/s1. The number of rotatable bonds is 0. The van der Waals surface area contributed by atoms with Gasteiger partial charge in [-0.15, -0.1) is 0 Å². The third kappa shape index (κ3) is 1.95. The van der Waals surface area contributed by atoms with Gasteiger partial charge in [-0.3, -0.25) is 0 Å². The van der Waals surface area contributed by atoms with Crippen molar-refractivity contribution in [3.05, 3.63) is 0 Å². The molecule has 54 valence electrons. The predicted molar refractivity (Wildman–Crippen MR) is 37.3 cm³/mol. The summed E-state index contributed by atoms with van der Waals surface area (Å²) in [6.07, 6.45) is 1.74. The summed E-state index contributed by atoms with van der Waals surface area (Å²) < 4.78 is 0. The molecule has 2 atom stereocenters. The Morgan fingerprint density at radius 2 is 1.67 bits per heavy atom. The first kappa shape index (κ1) is 7.03. The lowest BCUT2D eigenvalue weighted by atomic mass is 9.98. The first-order valence-corrected chi connectivity index (χ1v) is 3.62. The van der Waals surface area contributed by atoms with Gasteiger partial charge in [-0.25, -0.2) is 0 Å². The number of hydrogen-bond acceptors (Lipinski definition) is 2. The summed E-state index contributed by atoms with van der Waals surface area (Å²) in [6, 6.07) is 0.979. The lowest BCUT2D eigenvalue weighted by molar-refractivity contribution is 0.102. The minimum absolute atomic E-state index is 0.0729. The molecule has 2 nitrogen and oxygen atoms in total. The lowest BCUT2D eigenvalue weighted by Crippen LogP contribution is -2.44. The molecule has 0 unspecified atom stereocenters. The molecule has 1 rings (SSSR count). The number of nitrogens with one attached hydrogen (secondary N) is 1. The van der Waals surface area contributed by atoms with Crippen LogP contribution in [0, 0.1) is 0 Å². The van der Waals surface area contributed by atoms with Gasteiger partial charge in [-0.1, -0.05) is 0 Å². The molecule has 0 bridgehead atoms. The molecule has 1 fully saturated rings. The smallest absolute Gasteiger partial charge is 0.0569 e. The maximum absolute atomic E-state index is 9.21. The monoisotopic (exact) mass is 129 g/mol. The molecule has 0 radical (unpaired) electrons. The van der Waals surface area contributed by atoms with Crippen LogP contribution in [-0.2, 0) is 0 Å². The van der Waals surface area contributed by atoms with Crippen molar-refractivity contribution < 1.29 is 5.11 Å². The van der Waals surface area contributed by atoms with Crippen molar-refractivity contribution in [1.82, 2.24) is 5.32 Å². The van der Waals surface area contributed by atoms with Gasteiger partial charge in [0.1, 0.15) is 0 Å². The normalized spacial score (nSPS) is 45.0. The van der Waals surface area contributed by atoms with Crippen molar-refractivity contribution in [3.8, 4) is 0 Å². The topological polar surface area (TPSA) is 32.3 Å². The summed E-state index contributed by atoms with van der Waals surface area (Å²) in [6.45, 7) is 4.22. The van der Waals surface area contributed by atoms with Crippen molar-refractivity contribution in [1.29, 1.82) is 0 Å². The van der Waals surface area contributed by atoms with Crippen LogP contribution in [0.4, 0.5) is 0 Å². The Balaban J connectivity index is 2.34. The molecule has 0 amide bonds. The van der Waals surface area contributed by atoms with Crippen LogP contribution in [0.5, 0.6) is 0 Å². The summed E-state index contributed by atoms with van der Waals surface area (Å²) in [7, 11) is 0. The maximum atomic E-state index is 9.21. The average molecular weight is 129 g/mol. The lowest BCUT2D eigenvalue weighted by Gasteiger charge is -2.29. The average Bonchev–Trinajstić information content (AvgIpc) is 1.59. The second kappa shape index (κ2) is 2.67. The van der Waals surface area contributed by atoms with Crippen molar-refractivity contribution in [2.24, 2.45) is 0 Å². The molecule has 1 heterocycles. The van der Waals surface area contributed by atoms with Crippen LogP contribution >= 0.6 is 0 Å². The second-order valence-corrected chi connectivity index (χ2v) is 3.09. The van der Waals surface area contributed by atoms with E-state index in [1.807, 2.05) is 0 Å². The summed E-state index contributed by atoms with van der Waals surface area (Å²) in [5.41, 5.74) is 0. The quantitative estimate of drug-likeness (QED) is 0.499. The summed E-state index contributed by atoms with van der Waals surface area (Å²) in [5, 5.41) is 12.6. The highest BCUT2D eigenvalue weighted by Gasteiger charge is 2.20. The van der Waals surface area contributed by atoms with Gasteiger partial charge in [0.15, 0.2) is 0 Å². The van der Waals surface area contributed by atoms with Gasteiger partial charge in [0.05, 0.1) is 6.10 Å². The summed E-state index contributed by atoms with van der Waals surface area (Å²) >= 11 is 0. The molecule has 0 aromatic rings. The van der Waals surface area contributed by atoms with E-state index in [-0.39, 0.29) is 6.10 Å².